The smallest absolute Gasteiger partial charge is 0.329 e. The third kappa shape index (κ3) is 3.58. The van der Waals surface area contributed by atoms with Gasteiger partial charge in [0.25, 0.3) is 0 Å². The van der Waals surface area contributed by atoms with Crippen LogP contribution in [0.4, 0.5) is 5.69 Å². The Morgan fingerprint density at radius 2 is 1.94 bits per heavy atom. The van der Waals surface area contributed by atoms with E-state index in [2.05, 4.69) is 11.4 Å². The van der Waals surface area contributed by atoms with Crippen LogP contribution in [0.25, 0.3) is 6.08 Å². The van der Waals surface area contributed by atoms with Crippen molar-refractivity contribution in [2.75, 3.05) is 11.9 Å². The zero-order valence-corrected chi connectivity index (χ0v) is 19.6. The van der Waals surface area contributed by atoms with E-state index >= 15 is 0 Å². The number of furan rings is 1. The van der Waals surface area contributed by atoms with E-state index < -0.39 is 29.4 Å². The molecule has 1 aromatic heterocycles. The van der Waals surface area contributed by atoms with Gasteiger partial charge in [0.2, 0.25) is 5.91 Å². The Balaban J connectivity index is 1.70. The quantitative estimate of drug-likeness (QED) is 0.501. The molecule has 3 aromatic rings. The number of hydrogen-bond acceptors (Lipinski definition) is 6. The molecule has 1 saturated heterocycles. The minimum absolute atomic E-state index is 0.0962. The van der Waals surface area contributed by atoms with Crippen molar-refractivity contribution in [1.29, 1.82) is 5.26 Å². The van der Waals surface area contributed by atoms with Crippen molar-refractivity contribution >= 4 is 35.2 Å². The van der Waals surface area contributed by atoms with Crippen molar-refractivity contribution in [2.45, 2.75) is 24.9 Å². The normalized spacial score (nSPS) is 24.3. The molecule has 1 amide bonds. The highest BCUT2D eigenvalue weighted by molar-refractivity contribution is 6.30. The Labute approximate surface area is 207 Å². The zero-order valence-electron chi connectivity index (χ0n) is 18.9. The Kier molecular flexibility index (Phi) is 5.83. The number of rotatable bonds is 5. The molecule has 0 bridgehead atoms. The van der Waals surface area contributed by atoms with Crippen LogP contribution in [0.5, 0.6) is 0 Å². The number of anilines is 1. The summed E-state index contributed by atoms with van der Waals surface area (Å²) in [5.41, 5.74) is 0.440. The molecule has 4 unspecified atom stereocenters. The number of hydrogen-bond donors (Lipinski definition) is 1. The van der Waals surface area contributed by atoms with Gasteiger partial charge in [0.05, 0.1) is 30.9 Å². The van der Waals surface area contributed by atoms with E-state index in [0.29, 0.717) is 16.5 Å². The second-order valence-corrected chi connectivity index (χ2v) is 8.87. The standard InChI is InChI=1S/C27H22ClN3O4/c1-2-34-26(33)27(16-29)22(21-8-5-15-35-21)23(25(32)30-19-11-9-18(28)10-12-19)31-14-13-17-6-3-4-7-20(17)24(27)31/h3-15,22-24H,2H2,1H3,(H,30,32). The Bertz CT molecular complexity index is 1330. The van der Waals surface area contributed by atoms with E-state index in [1.54, 1.807) is 54.4 Å². The van der Waals surface area contributed by atoms with Gasteiger partial charge in [0, 0.05) is 16.9 Å². The summed E-state index contributed by atoms with van der Waals surface area (Å²) in [7, 11) is 0. The van der Waals surface area contributed by atoms with Gasteiger partial charge in [0.1, 0.15) is 11.8 Å². The minimum atomic E-state index is -1.74. The number of nitriles is 1. The van der Waals surface area contributed by atoms with Crippen LogP contribution in [0.2, 0.25) is 5.02 Å². The SMILES string of the molecule is CCOC(=O)C1(C#N)C(c2ccco2)C(C(=O)Nc2ccc(Cl)cc2)N2C=Cc3ccccc3C21. The fraction of sp³-hybridized carbons (Fsp3) is 0.222. The van der Waals surface area contributed by atoms with Gasteiger partial charge in [-0.2, -0.15) is 5.26 Å². The molecule has 1 fully saturated rings. The summed E-state index contributed by atoms with van der Waals surface area (Å²) < 4.78 is 11.2. The van der Waals surface area contributed by atoms with E-state index in [-0.39, 0.29) is 12.5 Å². The largest absolute Gasteiger partial charge is 0.469 e. The molecule has 1 N–H and O–H groups in total. The molecule has 0 aliphatic carbocycles. The molecule has 0 spiro atoms. The second-order valence-electron chi connectivity index (χ2n) is 8.43. The number of nitrogens with zero attached hydrogens (tertiary/aromatic N) is 2. The van der Waals surface area contributed by atoms with Gasteiger partial charge in [0.15, 0.2) is 5.41 Å². The summed E-state index contributed by atoms with van der Waals surface area (Å²) in [5.74, 6) is -1.65. The van der Waals surface area contributed by atoms with Crippen LogP contribution in [0.15, 0.2) is 77.5 Å². The van der Waals surface area contributed by atoms with Crippen molar-refractivity contribution in [3.8, 4) is 6.07 Å². The first-order valence-corrected chi connectivity index (χ1v) is 11.6. The Morgan fingerprint density at radius 1 is 1.17 bits per heavy atom. The fourth-order valence-corrected chi connectivity index (χ4v) is 5.33. The van der Waals surface area contributed by atoms with Gasteiger partial charge in [-0.1, -0.05) is 35.9 Å². The van der Waals surface area contributed by atoms with Gasteiger partial charge in [-0.05, 0) is 60.5 Å². The average molecular weight is 488 g/mol. The van der Waals surface area contributed by atoms with Crippen molar-refractivity contribution in [2.24, 2.45) is 5.41 Å². The fourth-order valence-electron chi connectivity index (χ4n) is 5.20. The van der Waals surface area contributed by atoms with Crippen molar-refractivity contribution < 1.29 is 18.7 Å². The minimum Gasteiger partial charge on any atom is -0.469 e. The summed E-state index contributed by atoms with van der Waals surface area (Å²) >= 11 is 6.00. The number of fused-ring (bicyclic) bond motifs is 3. The van der Waals surface area contributed by atoms with Crippen LogP contribution in [-0.2, 0) is 14.3 Å². The van der Waals surface area contributed by atoms with Gasteiger partial charge in [-0.15, -0.1) is 0 Å². The molecular formula is C27H22ClN3O4. The van der Waals surface area contributed by atoms with Crippen LogP contribution in [-0.4, -0.2) is 29.4 Å². The topological polar surface area (TPSA) is 95.6 Å². The third-order valence-electron chi connectivity index (χ3n) is 6.60. The lowest BCUT2D eigenvalue weighted by Gasteiger charge is -2.35. The van der Waals surface area contributed by atoms with Crippen LogP contribution >= 0.6 is 11.6 Å². The second kappa shape index (κ2) is 8.97. The van der Waals surface area contributed by atoms with E-state index in [1.165, 1.54) is 6.26 Å². The summed E-state index contributed by atoms with van der Waals surface area (Å²) in [6.45, 7) is 1.79. The molecule has 2 aliphatic heterocycles. The average Bonchev–Trinajstić information content (AvgIpc) is 3.50. The molecular weight excluding hydrogens is 466 g/mol. The predicted octanol–water partition coefficient (Wildman–Crippen LogP) is 5.14. The van der Waals surface area contributed by atoms with Crippen LogP contribution in [0, 0.1) is 16.7 Å². The van der Waals surface area contributed by atoms with Gasteiger partial charge < -0.3 is 19.4 Å². The first-order valence-electron chi connectivity index (χ1n) is 11.2. The van der Waals surface area contributed by atoms with Crippen LogP contribution in [0.3, 0.4) is 0 Å². The zero-order chi connectivity index (χ0) is 24.6. The molecule has 4 atom stereocenters. The Morgan fingerprint density at radius 3 is 2.63 bits per heavy atom. The molecule has 5 rings (SSSR count). The van der Waals surface area contributed by atoms with Crippen molar-refractivity contribution in [3.05, 3.63) is 95.0 Å². The lowest BCUT2D eigenvalue weighted by Crippen LogP contribution is -2.42. The van der Waals surface area contributed by atoms with E-state index in [9.17, 15) is 14.9 Å². The third-order valence-corrected chi connectivity index (χ3v) is 6.85. The van der Waals surface area contributed by atoms with Gasteiger partial charge in [-0.25, -0.2) is 0 Å². The van der Waals surface area contributed by atoms with Crippen molar-refractivity contribution in [3.63, 3.8) is 0 Å². The molecule has 3 heterocycles. The van der Waals surface area contributed by atoms with E-state index in [1.807, 2.05) is 30.3 Å². The molecule has 35 heavy (non-hydrogen) atoms. The van der Waals surface area contributed by atoms with Crippen molar-refractivity contribution in [1.82, 2.24) is 4.90 Å². The number of carbonyl (C=O) groups excluding carboxylic acids is 2. The van der Waals surface area contributed by atoms with E-state index in [4.69, 9.17) is 20.8 Å². The molecule has 7 nitrogen and oxygen atoms in total. The summed E-state index contributed by atoms with van der Waals surface area (Å²) in [6, 6.07) is 18.2. The molecule has 0 radical (unpaired) electrons. The van der Waals surface area contributed by atoms with Crippen LogP contribution < -0.4 is 5.32 Å². The van der Waals surface area contributed by atoms with E-state index in [0.717, 1.165) is 11.1 Å². The lowest BCUT2D eigenvalue weighted by atomic mass is 9.68. The number of esters is 1. The number of nitrogens with one attached hydrogen (secondary N) is 1. The van der Waals surface area contributed by atoms with Gasteiger partial charge >= 0.3 is 5.97 Å². The first-order chi connectivity index (χ1) is 17.0. The maximum Gasteiger partial charge on any atom is 0.329 e. The monoisotopic (exact) mass is 487 g/mol. The maximum atomic E-state index is 13.8. The lowest BCUT2D eigenvalue weighted by molar-refractivity contribution is -0.154. The predicted molar refractivity (Wildman–Crippen MR) is 130 cm³/mol. The maximum absolute atomic E-state index is 13.8. The summed E-state index contributed by atoms with van der Waals surface area (Å²) in [4.78, 5) is 29.3. The Hall–Kier alpha value is -4.02. The van der Waals surface area contributed by atoms with Gasteiger partial charge in [-0.3, -0.25) is 9.59 Å². The molecule has 2 aromatic carbocycles. The first kappa shape index (κ1) is 22.8. The molecule has 2 aliphatic rings. The van der Waals surface area contributed by atoms with Crippen LogP contribution in [0.1, 0.15) is 35.8 Å². The highest BCUT2D eigenvalue weighted by atomic mass is 35.5. The number of benzene rings is 2. The number of halogens is 1. The highest BCUT2D eigenvalue weighted by Crippen LogP contribution is 2.60. The molecule has 8 heteroatoms. The number of ether oxygens (including phenoxy) is 1. The number of amides is 1. The molecule has 176 valence electrons. The highest BCUT2D eigenvalue weighted by Gasteiger charge is 2.69. The summed E-state index contributed by atoms with van der Waals surface area (Å²) in [6.07, 6.45) is 5.12. The number of carbonyl (C=O) groups is 2. The molecule has 0 saturated carbocycles. The summed E-state index contributed by atoms with van der Waals surface area (Å²) in [5, 5.41) is 14.1.